The molecule has 0 spiro atoms. The fourth-order valence-corrected chi connectivity index (χ4v) is 5.60. The SMILES string of the molecule is Cc1nn(CCC(=O)Nn2c(C)nc3sc4c(c3c2=O)CC[C@H](C)C4)c(C)c1[N+](=O)[O-]. The summed E-state index contributed by atoms with van der Waals surface area (Å²) in [5, 5.41) is 15.9. The van der Waals surface area contributed by atoms with Crippen LogP contribution in [0.1, 0.15) is 47.4 Å². The Labute approximate surface area is 182 Å². The van der Waals surface area contributed by atoms with E-state index in [1.165, 1.54) is 14.2 Å². The van der Waals surface area contributed by atoms with Crippen molar-refractivity contribution in [2.75, 3.05) is 5.43 Å². The van der Waals surface area contributed by atoms with Crippen LogP contribution in [0.3, 0.4) is 0 Å². The summed E-state index contributed by atoms with van der Waals surface area (Å²) in [5.74, 6) is 0.618. The molecule has 1 N–H and O–H groups in total. The van der Waals surface area contributed by atoms with Gasteiger partial charge in [-0.15, -0.1) is 11.3 Å². The molecule has 1 amide bonds. The lowest BCUT2D eigenvalue weighted by molar-refractivity contribution is -0.386. The zero-order chi connectivity index (χ0) is 22.4. The van der Waals surface area contributed by atoms with Crippen LogP contribution in [0.2, 0.25) is 0 Å². The highest BCUT2D eigenvalue weighted by Crippen LogP contribution is 2.35. The average Bonchev–Trinajstić information content (AvgIpc) is 3.18. The number of fused-ring (bicyclic) bond motifs is 3. The van der Waals surface area contributed by atoms with E-state index in [1.807, 2.05) is 0 Å². The van der Waals surface area contributed by atoms with Crippen LogP contribution in [-0.2, 0) is 24.2 Å². The Bertz CT molecular complexity index is 1270. The number of aryl methyl sites for hydroxylation is 4. The molecule has 164 valence electrons. The third-order valence-corrected chi connectivity index (χ3v) is 6.96. The van der Waals surface area contributed by atoms with Crippen molar-refractivity contribution in [3.05, 3.63) is 48.1 Å². The first-order chi connectivity index (χ1) is 14.7. The summed E-state index contributed by atoms with van der Waals surface area (Å²) in [4.78, 5) is 42.9. The van der Waals surface area contributed by atoms with E-state index in [-0.39, 0.29) is 30.1 Å². The molecule has 0 aromatic carbocycles. The first-order valence-electron chi connectivity index (χ1n) is 10.2. The van der Waals surface area contributed by atoms with Gasteiger partial charge in [0, 0.05) is 11.3 Å². The summed E-state index contributed by atoms with van der Waals surface area (Å²) in [6.45, 7) is 7.23. The molecule has 1 aliphatic carbocycles. The molecule has 0 bridgehead atoms. The van der Waals surface area contributed by atoms with E-state index in [9.17, 15) is 19.7 Å². The number of thiophene rings is 1. The maximum atomic E-state index is 13.2. The number of hydrogen-bond donors (Lipinski definition) is 1. The van der Waals surface area contributed by atoms with Gasteiger partial charge in [-0.1, -0.05) is 6.92 Å². The molecular weight excluding hydrogens is 420 g/mol. The van der Waals surface area contributed by atoms with E-state index < -0.39 is 4.92 Å². The van der Waals surface area contributed by atoms with Crippen LogP contribution < -0.4 is 11.0 Å². The third-order valence-electron chi connectivity index (χ3n) is 5.81. The third kappa shape index (κ3) is 3.73. The fraction of sp³-hybridized carbons (Fsp3) is 0.500. The summed E-state index contributed by atoms with van der Waals surface area (Å²) in [6.07, 6.45) is 2.85. The zero-order valence-electron chi connectivity index (χ0n) is 17.9. The van der Waals surface area contributed by atoms with Crippen molar-refractivity contribution in [1.82, 2.24) is 19.4 Å². The van der Waals surface area contributed by atoms with Gasteiger partial charge in [0.2, 0.25) is 5.91 Å². The number of carbonyl (C=O) groups is 1. The quantitative estimate of drug-likeness (QED) is 0.476. The molecular formula is C20H24N6O4S. The molecule has 3 aromatic rings. The molecule has 11 heteroatoms. The number of hydrogen-bond acceptors (Lipinski definition) is 7. The Hall–Kier alpha value is -3.08. The zero-order valence-corrected chi connectivity index (χ0v) is 18.7. The molecule has 10 nitrogen and oxygen atoms in total. The van der Waals surface area contributed by atoms with Crippen molar-refractivity contribution < 1.29 is 9.72 Å². The second-order valence-electron chi connectivity index (χ2n) is 8.12. The number of nitrogens with one attached hydrogen (secondary N) is 1. The summed E-state index contributed by atoms with van der Waals surface area (Å²) in [6, 6.07) is 0. The average molecular weight is 445 g/mol. The molecule has 0 saturated carbocycles. The lowest BCUT2D eigenvalue weighted by Crippen LogP contribution is -2.36. The summed E-state index contributed by atoms with van der Waals surface area (Å²) >= 11 is 1.57. The van der Waals surface area contributed by atoms with E-state index in [2.05, 4.69) is 22.4 Å². The van der Waals surface area contributed by atoms with Gasteiger partial charge < -0.3 is 0 Å². The number of amides is 1. The molecule has 0 aliphatic heterocycles. The van der Waals surface area contributed by atoms with E-state index in [0.29, 0.717) is 28.5 Å². The van der Waals surface area contributed by atoms with Crippen LogP contribution in [0.4, 0.5) is 5.69 Å². The minimum atomic E-state index is -0.472. The van der Waals surface area contributed by atoms with Gasteiger partial charge in [0.05, 0.1) is 16.9 Å². The topological polar surface area (TPSA) is 125 Å². The molecule has 1 atom stereocenters. The lowest BCUT2D eigenvalue weighted by Gasteiger charge is -2.17. The number of nitro groups is 1. The van der Waals surface area contributed by atoms with Gasteiger partial charge in [0.25, 0.3) is 5.56 Å². The van der Waals surface area contributed by atoms with Gasteiger partial charge in [0.1, 0.15) is 22.0 Å². The summed E-state index contributed by atoms with van der Waals surface area (Å²) in [7, 11) is 0. The molecule has 3 heterocycles. The maximum absolute atomic E-state index is 13.2. The highest BCUT2D eigenvalue weighted by Gasteiger charge is 2.25. The van der Waals surface area contributed by atoms with Crippen molar-refractivity contribution in [3.8, 4) is 0 Å². The maximum Gasteiger partial charge on any atom is 0.312 e. The van der Waals surface area contributed by atoms with Gasteiger partial charge in [-0.3, -0.25) is 29.8 Å². The van der Waals surface area contributed by atoms with Crippen LogP contribution >= 0.6 is 11.3 Å². The minimum Gasteiger partial charge on any atom is -0.273 e. The van der Waals surface area contributed by atoms with Crippen molar-refractivity contribution in [2.45, 2.75) is 59.9 Å². The lowest BCUT2D eigenvalue weighted by atomic mass is 9.89. The summed E-state index contributed by atoms with van der Waals surface area (Å²) < 4.78 is 2.65. The van der Waals surface area contributed by atoms with Crippen LogP contribution in [0.25, 0.3) is 10.2 Å². The predicted molar refractivity (Wildman–Crippen MR) is 117 cm³/mol. The molecule has 3 aromatic heterocycles. The largest absolute Gasteiger partial charge is 0.312 e. The van der Waals surface area contributed by atoms with E-state index in [0.717, 1.165) is 29.7 Å². The van der Waals surface area contributed by atoms with E-state index in [4.69, 9.17) is 0 Å². The van der Waals surface area contributed by atoms with Crippen molar-refractivity contribution in [1.29, 1.82) is 0 Å². The monoisotopic (exact) mass is 444 g/mol. The smallest absolute Gasteiger partial charge is 0.273 e. The number of carbonyl (C=O) groups excluding carboxylic acids is 1. The van der Waals surface area contributed by atoms with Crippen LogP contribution in [-0.4, -0.2) is 30.3 Å². The molecule has 0 radical (unpaired) electrons. The number of aromatic nitrogens is 4. The second-order valence-corrected chi connectivity index (χ2v) is 9.20. The first-order valence-corrected chi connectivity index (χ1v) is 11.0. The van der Waals surface area contributed by atoms with Gasteiger partial charge in [0.15, 0.2) is 0 Å². The van der Waals surface area contributed by atoms with Crippen molar-refractivity contribution in [2.24, 2.45) is 5.92 Å². The van der Waals surface area contributed by atoms with Gasteiger partial charge in [-0.05, 0) is 51.5 Å². The highest BCUT2D eigenvalue weighted by atomic mass is 32.1. The number of rotatable bonds is 5. The Kier molecular flexibility index (Phi) is 5.38. The summed E-state index contributed by atoms with van der Waals surface area (Å²) in [5.41, 5.74) is 4.10. The standard InChI is InChI=1S/C20H24N6O4S/c1-10-5-6-14-15(9-10)31-19-17(14)20(28)25(13(4)21-19)23-16(27)7-8-24-12(3)18(26(29)30)11(2)22-24/h10H,5-9H2,1-4H3,(H,23,27)/t10-/m0/s1. The molecule has 4 rings (SSSR count). The highest BCUT2D eigenvalue weighted by molar-refractivity contribution is 7.18. The van der Waals surface area contributed by atoms with Crippen LogP contribution in [0.15, 0.2) is 4.79 Å². The fourth-order valence-electron chi connectivity index (χ4n) is 4.18. The number of nitrogens with zero attached hydrogens (tertiary/aromatic N) is 5. The Balaban J connectivity index is 1.56. The Morgan fingerprint density at radius 1 is 1.35 bits per heavy atom. The van der Waals surface area contributed by atoms with Gasteiger partial charge in [-0.2, -0.15) is 5.10 Å². The molecule has 0 unspecified atom stereocenters. The normalized spacial score (nSPS) is 15.8. The van der Waals surface area contributed by atoms with E-state index in [1.54, 1.807) is 32.1 Å². The Morgan fingerprint density at radius 2 is 2.10 bits per heavy atom. The predicted octanol–water partition coefficient (Wildman–Crippen LogP) is 2.77. The first kappa shape index (κ1) is 21.2. The van der Waals surface area contributed by atoms with Crippen LogP contribution in [0, 0.1) is 36.8 Å². The van der Waals surface area contributed by atoms with Gasteiger partial charge in [-0.25, -0.2) is 9.66 Å². The molecule has 0 fully saturated rings. The second kappa shape index (κ2) is 7.88. The van der Waals surface area contributed by atoms with Crippen LogP contribution in [0.5, 0.6) is 0 Å². The minimum absolute atomic E-state index is 0.0162. The van der Waals surface area contributed by atoms with Crippen molar-refractivity contribution >= 4 is 33.1 Å². The van der Waals surface area contributed by atoms with E-state index >= 15 is 0 Å². The van der Waals surface area contributed by atoms with Gasteiger partial charge >= 0.3 is 5.69 Å². The molecule has 31 heavy (non-hydrogen) atoms. The molecule has 1 aliphatic rings. The Morgan fingerprint density at radius 3 is 2.77 bits per heavy atom. The van der Waals surface area contributed by atoms with Crippen molar-refractivity contribution in [3.63, 3.8) is 0 Å². The molecule has 0 saturated heterocycles.